The quantitative estimate of drug-likeness (QED) is 0.463. The maximum Gasteiger partial charge on any atom is 0.334 e. The molecule has 0 amide bonds. The van der Waals surface area contributed by atoms with Crippen LogP contribution in [0.5, 0.6) is 0 Å². The second kappa shape index (κ2) is 10.9. The predicted octanol–water partition coefficient (Wildman–Crippen LogP) is 3.05. The minimum Gasteiger partial charge on any atom is -0.467 e. The van der Waals surface area contributed by atoms with E-state index in [4.69, 9.17) is 0 Å². The van der Waals surface area contributed by atoms with Crippen LogP contribution < -0.4 is 0 Å². The zero-order valence-corrected chi connectivity index (χ0v) is 10.7. The van der Waals surface area contributed by atoms with Gasteiger partial charge in [0, 0.05) is 0 Å². The molecule has 0 bridgehead atoms. The maximum atomic E-state index is 10.9. The lowest BCUT2D eigenvalue weighted by Crippen LogP contribution is -2.21. The summed E-state index contributed by atoms with van der Waals surface area (Å²) in [5, 5.41) is 9.32. The first kappa shape index (κ1) is 15.4. The van der Waals surface area contributed by atoms with Gasteiger partial charge in [0.25, 0.3) is 0 Å². The van der Waals surface area contributed by atoms with Gasteiger partial charge in [-0.25, -0.2) is 4.79 Å². The number of hydrogen-bond donors (Lipinski definition) is 1. The van der Waals surface area contributed by atoms with E-state index in [2.05, 4.69) is 11.7 Å². The SMILES string of the molecule is CCCCCCCCCC[C@H](O)C(=O)OC. The van der Waals surface area contributed by atoms with Crippen molar-refractivity contribution in [3.63, 3.8) is 0 Å². The number of esters is 1. The zero-order chi connectivity index (χ0) is 12.2. The van der Waals surface area contributed by atoms with Crippen LogP contribution in [-0.4, -0.2) is 24.3 Å². The fourth-order valence-corrected chi connectivity index (χ4v) is 1.73. The van der Waals surface area contributed by atoms with Crippen LogP contribution in [0.4, 0.5) is 0 Å². The van der Waals surface area contributed by atoms with Crippen molar-refractivity contribution in [2.24, 2.45) is 0 Å². The molecule has 0 heterocycles. The highest BCUT2D eigenvalue weighted by Crippen LogP contribution is 2.10. The standard InChI is InChI=1S/C13H26O3/c1-3-4-5-6-7-8-9-10-11-12(14)13(15)16-2/h12,14H,3-11H2,1-2H3/t12-/m0/s1. The van der Waals surface area contributed by atoms with Gasteiger partial charge in [-0.2, -0.15) is 0 Å². The van der Waals surface area contributed by atoms with E-state index < -0.39 is 12.1 Å². The number of methoxy groups -OCH3 is 1. The van der Waals surface area contributed by atoms with Crippen molar-refractivity contribution in [3.05, 3.63) is 0 Å². The molecule has 0 aliphatic rings. The Labute approximate surface area is 99.2 Å². The summed E-state index contributed by atoms with van der Waals surface area (Å²) < 4.78 is 4.45. The average Bonchev–Trinajstić information content (AvgIpc) is 2.31. The van der Waals surface area contributed by atoms with E-state index in [-0.39, 0.29) is 0 Å². The molecular weight excluding hydrogens is 204 g/mol. The Morgan fingerprint density at radius 1 is 1.06 bits per heavy atom. The largest absolute Gasteiger partial charge is 0.467 e. The molecule has 0 aliphatic carbocycles. The molecule has 1 atom stereocenters. The molecule has 0 saturated heterocycles. The molecule has 0 aromatic rings. The van der Waals surface area contributed by atoms with Crippen molar-refractivity contribution in [1.29, 1.82) is 0 Å². The van der Waals surface area contributed by atoms with Crippen LogP contribution in [0.25, 0.3) is 0 Å². The first-order chi connectivity index (χ1) is 7.72. The van der Waals surface area contributed by atoms with Crippen LogP contribution in [0.3, 0.4) is 0 Å². The average molecular weight is 230 g/mol. The molecule has 1 N–H and O–H groups in total. The second-order valence-corrected chi connectivity index (χ2v) is 4.30. The van der Waals surface area contributed by atoms with Gasteiger partial charge in [-0.15, -0.1) is 0 Å². The summed E-state index contributed by atoms with van der Waals surface area (Å²) in [7, 11) is 1.30. The summed E-state index contributed by atoms with van der Waals surface area (Å²) in [5.74, 6) is -0.511. The molecular formula is C13H26O3. The van der Waals surface area contributed by atoms with Crippen LogP contribution in [0, 0.1) is 0 Å². The zero-order valence-electron chi connectivity index (χ0n) is 10.7. The van der Waals surface area contributed by atoms with E-state index in [1.54, 1.807) is 0 Å². The van der Waals surface area contributed by atoms with Gasteiger partial charge >= 0.3 is 5.97 Å². The normalized spacial score (nSPS) is 12.4. The van der Waals surface area contributed by atoms with E-state index in [0.717, 1.165) is 12.8 Å². The number of ether oxygens (including phenoxy) is 1. The molecule has 0 unspecified atom stereocenters. The van der Waals surface area contributed by atoms with Gasteiger partial charge in [-0.05, 0) is 6.42 Å². The number of hydrogen-bond acceptors (Lipinski definition) is 3. The van der Waals surface area contributed by atoms with E-state index in [0.29, 0.717) is 6.42 Å². The summed E-state index contributed by atoms with van der Waals surface area (Å²) in [6, 6.07) is 0. The van der Waals surface area contributed by atoms with Crippen LogP contribution >= 0.6 is 0 Å². The fraction of sp³-hybridized carbons (Fsp3) is 0.923. The topological polar surface area (TPSA) is 46.5 Å². The highest BCUT2D eigenvalue weighted by atomic mass is 16.5. The Hall–Kier alpha value is -0.570. The third-order valence-electron chi connectivity index (χ3n) is 2.80. The Morgan fingerprint density at radius 3 is 2.06 bits per heavy atom. The summed E-state index contributed by atoms with van der Waals surface area (Å²) in [4.78, 5) is 10.9. The maximum absolute atomic E-state index is 10.9. The summed E-state index contributed by atoms with van der Waals surface area (Å²) >= 11 is 0. The van der Waals surface area contributed by atoms with Gasteiger partial charge in [0.15, 0.2) is 6.10 Å². The minimum absolute atomic E-state index is 0.511. The smallest absolute Gasteiger partial charge is 0.334 e. The van der Waals surface area contributed by atoms with Crippen molar-refractivity contribution >= 4 is 5.97 Å². The molecule has 96 valence electrons. The number of rotatable bonds is 10. The molecule has 0 aromatic heterocycles. The molecule has 0 rings (SSSR count). The Morgan fingerprint density at radius 2 is 1.56 bits per heavy atom. The molecule has 3 heteroatoms. The molecule has 0 aliphatic heterocycles. The molecule has 0 saturated carbocycles. The van der Waals surface area contributed by atoms with Gasteiger partial charge < -0.3 is 9.84 Å². The van der Waals surface area contributed by atoms with Crippen molar-refractivity contribution in [2.45, 2.75) is 70.8 Å². The Kier molecular flexibility index (Phi) is 10.5. The minimum atomic E-state index is -0.926. The van der Waals surface area contributed by atoms with Crippen LogP contribution in [0.2, 0.25) is 0 Å². The van der Waals surface area contributed by atoms with Crippen LogP contribution in [0.1, 0.15) is 64.7 Å². The lowest BCUT2D eigenvalue weighted by atomic mass is 10.1. The van der Waals surface area contributed by atoms with Crippen molar-refractivity contribution in [1.82, 2.24) is 0 Å². The Balaban J connectivity index is 3.17. The monoisotopic (exact) mass is 230 g/mol. The van der Waals surface area contributed by atoms with Crippen molar-refractivity contribution in [3.8, 4) is 0 Å². The molecule has 3 nitrogen and oxygen atoms in total. The first-order valence-electron chi connectivity index (χ1n) is 6.48. The lowest BCUT2D eigenvalue weighted by molar-refractivity contribution is -0.150. The molecule has 16 heavy (non-hydrogen) atoms. The lowest BCUT2D eigenvalue weighted by Gasteiger charge is -2.07. The van der Waals surface area contributed by atoms with E-state index in [1.807, 2.05) is 0 Å². The van der Waals surface area contributed by atoms with Gasteiger partial charge in [0.1, 0.15) is 0 Å². The highest BCUT2D eigenvalue weighted by Gasteiger charge is 2.13. The van der Waals surface area contributed by atoms with Gasteiger partial charge in [-0.3, -0.25) is 0 Å². The number of aliphatic hydroxyl groups excluding tert-OH is 1. The Bertz CT molecular complexity index is 169. The third kappa shape index (κ3) is 8.72. The molecule has 0 aromatic carbocycles. The van der Waals surface area contributed by atoms with Crippen LogP contribution in [0.15, 0.2) is 0 Å². The van der Waals surface area contributed by atoms with E-state index in [1.165, 1.54) is 45.6 Å². The van der Waals surface area contributed by atoms with Gasteiger partial charge in [0.05, 0.1) is 7.11 Å². The van der Waals surface area contributed by atoms with Crippen LogP contribution in [-0.2, 0) is 9.53 Å². The predicted molar refractivity (Wildman–Crippen MR) is 65.2 cm³/mol. The highest BCUT2D eigenvalue weighted by molar-refractivity contribution is 5.74. The second-order valence-electron chi connectivity index (χ2n) is 4.30. The summed E-state index contributed by atoms with van der Waals surface area (Å²) in [6.45, 7) is 2.22. The van der Waals surface area contributed by atoms with Crippen molar-refractivity contribution in [2.75, 3.05) is 7.11 Å². The molecule has 0 spiro atoms. The summed E-state index contributed by atoms with van der Waals surface area (Å²) in [6.07, 6.45) is 9.35. The molecule has 0 radical (unpaired) electrons. The van der Waals surface area contributed by atoms with Gasteiger partial charge in [-0.1, -0.05) is 58.3 Å². The number of aliphatic hydroxyl groups is 1. The van der Waals surface area contributed by atoms with Crippen molar-refractivity contribution < 1.29 is 14.6 Å². The van der Waals surface area contributed by atoms with E-state index in [9.17, 15) is 9.90 Å². The first-order valence-corrected chi connectivity index (χ1v) is 6.48. The number of unbranched alkanes of at least 4 members (excludes halogenated alkanes) is 7. The number of carbonyl (C=O) groups excluding carboxylic acids is 1. The third-order valence-corrected chi connectivity index (χ3v) is 2.80. The van der Waals surface area contributed by atoms with Gasteiger partial charge in [0.2, 0.25) is 0 Å². The fourth-order valence-electron chi connectivity index (χ4n) is 1.73. The van der Waals surface area contributed by atoms with E-state index >= 15 is 0 Å². The summed E-state index contributed by atoms with van der Waals surface area (Å²) in [5.41, 5.74) is 0. The molecule has 0 fully saturated rings. The number of carbonyl (C=O) groups is 1.